The van der Waals surface area contributed by atoms with Crippen LogP contribution in [0, 0.1) is 11.8 Å². The highest BCUT2D eigenvalue weighted by molar-refractivity contribution is 8.00. The fraction of sp³-hybridized carbons (Fsp3) is 0.654. The third kappa shape index (κ3) is 8.59. The van der Waals surface area contributed by atoms with Gasteiger partial charge in [0, 0.05) is 32.1 Å². The van der Waals surface area contributed by atoms with Crippen LogP contribution in [0.1, 0.15) is 188 Å². The second kappa shape index (κ2) is 19.9. The first kappa shape index (κ1) is 42.8. The molecule has 3 aromatic carbocycles. The molecule has 9 rings (SSSR count). The molecule has 2 fully saturated rings. The van der Waals surface area contributed by atoms with Crippen LogP contribution in [-0.2, 0) is 22.3 Å². The van der Waals surface area contributed by atoms with Gasteiger partial charge in [0.05, 0.1) is 50.8 Å². The number of thioether (sulfide) groups is 2. The van der Waals surface area contributed by atoms with Crippen molar-refractivity contribution < 1.29 is 28.4 Å². The molecule has 6 nitrogen and oxygen atoms in total. The molecule has 4 bridgehead atoms. The second-order valence-corrected chi connectivity index (χ2v) is 20.8. The third-order valence-electron chi connectivity index (χ3n) is 14.1. The minimum absolute atomic E-state index is 0.0905. The van der Waals surface area contributed by atoms with Gasteiger partial charge in [0.25, 0.3) is 0 Å². The van der Waals surface area contributed by atoms with Gasteiger partial charge in [-0.25, -0.2) is 0 Å². The normalized spacial score (nSPS) is 25.9. The summed E-state index contributed by atoms with van der Waals surface area (Å²) in [5.41, 5.74) is 8.43. The molecule has 0 N–H and O–H groups in total. The zero-order valence-corrected chi connectivity index (χ0v) is 38.5. The summed E-state index contributed by atoms with van der Waals surface area (Å²) in [5, 5.41) is 0.827. The van der Waals surface area contributed by atoms with Gasteiger partial charge in [-0.15, -0.1) is 23.5 Å². The van der Waals surface area contributed by atoms with Crippen LogP contribution in [0.3, 0.4) is 0 Å². The predicted molar refractivity (Wildman–Crippen MR) is 245 cm³/mol. The molecule has 8 unspecified atom stereocenters. The van der Waals surface area contributed by atoms with E-state index in [1.165, 1.54) is 109 Å². The zero-order chi connectivity index (χ0) is 41.0. The highest BCUT2D eigenvalue weighted by Crippen LogP contribution is 2.67. The molecule has 0 aromatic heterocycles. The van der Waals surface area contributed by atoms with Gasteiger partial charge < -0.3 is 28.4 Å². The number of benzene rings is 3. The van der Waals surface area contributed by atoms with E-state index in [4.69, 9.17) is 28.4 Å². The molecule has 0 spiro atoms. The van der Waals surface area contributed by atoms with Crippen LogP contribution in [-0.4, -0.2) is 36.9 Å². The van der Waals surface area contributed by atoms with Crippen LogP contribution in [0.4, 0.5) is 0 Å². The van der Waals surface area contributed by atoms with Crippen molar-refractivity contribution in [3.05, 3.63) is 69.8 Å². The Morgan fingerprint density at radius 2 is 0.750 bits per heavy atom. The van der Waals surface area contributed by atoms with Crippen molar-refractivity contribution in [3.8, 4) is 23.0 Å². The second-order valence-electron chi connectivity index (χ2n) is 18.4. The van der Waals surface area contributed by atoms with E-state index in [9.17, 15) is 0 Å². The molecule has 6 aliphatic rings. The smallest absolute Gasteiger partial charge is 0.161 e. The van der Waals surface area contributed by atoms with Crippen LogP contribution in [0.15, 0.2) is 46.2 Å². The summed E-state index contributed by atoms with van der Waals surface area (Å²) in [5.74, 6) is 4.51. The number of fused-ring (bicyclic) bond motifs is 19. The van der Waals surface area contributed by atoms with Crippen molar-refractivity contribution in [2.45, 2.75) is 188 Å². The predicted octanol–water partition coefficient (Wildman–Crippen LogP) is 14.4. The summed E-state index contributed by atoms with van der Waals surface area (Å²) < 4.78 is 39.9. The van der Waals surface area contributed by atoms with Gasteiger partial charge >= 0.3 is 0 Å². The van der Waals surface area contributed by atoms with Crippen LogP contribution in [0.5, 0.6) is 23.0 Å². The van der Waals surface area contributed by atoms with Gasteiger partial charge in [0.2, 0.25) is 0 Å². The van der Waals surface area contributed by atoms with Crippen LogP contribution in [0.2, 0.25) is 0 Å². The molecule has 8 heteroatoms. The van der Waals surface area contributed by atoms with E-state index in [0.717, 1.165) is 88.0 Å². The van der Waals surface area contributed by atoms with E-state index in [1.54, 1.807) is 11.1 Å². The highest BCUT2D eigenvalue weighted by atomic mass is 32.2. The van der Waals surface area contributed by atoms with E-state index in [2.05, 4.69) is 87.6 Å². The number of ether oxygens (including phenoxy) is 6. The lowest BCUT2D eigenvalue weighted by Gasteiger charge is -2.39. The molecule has 0 radical (unpaired) electrons. The molecule has 0 amide bonds. The Morgan fingerprint density at radius 3 is 1.07 bits per heavy atom. The summed E-state index contributed by atoms with van der Waals surface area (Å²) in [6.07, 6.45) is 21.6. The lowest BCUT2D eigenvalue weighted by molar-refractivity contribution is 0.0597. The number of hydrogen-bond acceptors (Lipinski definition) is 8. The maximum Gasteiger partial charge on any atom is 0.161 e. The fourth-order valence-electron chi connectivity index (χ4n) is 10.9. The third-order valence-corrected chi connectivity index (χ3v) is 17.1. The first-order valence-electron chi connectivity index (χ1n) is 24.3. The lowest BCUT2D eigenvalue weighted by atomic mass is 9.76. The summed E-state index contributed by atoms with van der Waals surface area (Å²) in [6.45, 7) is 12.0. The Kier molecular flexibility index (Phi) is 14.2. The minimum Gasteiger partial charge on any atom is -0.490 e. The summed E-state index contributed by atoms with van der Waals surface area (Å²) >= 11 is 4.15. The average molecular weight is 855 g/mol. The Labute approximate surface area is 369 Å². The van der Waals surface area contributed by atoms with Gasteiger partial charge in [0.15, 0.2) is 23.0 Å². The van der Waals surface area contributed by atoms with E-state index in [-0.39, 0.29) is 24.4 Å². The van der Waals surface area contributed by atoms with Crippen molar-refractivity contribution in [2.75, 3.05) is 26.4 Å². The molecule has 0 saturated carbocycles. The average Bonchev–Trinajstić information content (AvgIpc) is 4.03. The molecule has 3 aromatic rings. The Balaban J connectivity index is 0.924. The molecule has 326 valence electrons. The van der Waals surface area contributed by atoms with E-state index < -0.39 is 0 Å². The molecule has 0 aliphatic carbocycles. The van der Waals surface area contributed by atoms with E-state index >= 15 is 0 Å². The molecular weight excluding hydrogens is 785 g/mol. The topological polar surface area (TPSA) is 55.4 Å². The number of hydrogen-bond donors (Lipinski definition) is 0. The van der Waals surface area contributed by atoms with Gasteiger partial charge in [-0.2, -0.15) is 0 Å². The fourth-order valence-corrected chi connectivity index (χ4v) is 13.9. The first-order chi connectivity index (χ1) is 29.6. The number of unbranched alkanes of at least 4 members (excludes halogenated alkanes) is 12. The van der Waals surface area contributed by atoms with Crippen LogP contribution >= 0.6 is 23.5 Å². The molecule has 2 saturated heterocycles. The molecule has 60 heavy (non-hydrogen) atoms. The Morgan fingerprint density at radius 1 is 0.433 bits per heavy atom. The molecule has 6 aliphatic heterocycles. The largest absolute Gasteiger partial charge is 0.490 e. The maximum atomic E-state index is 6.97. The van der Waals surface area contributed by atoms with Crippen molar-refractivity contribution in [2.24, 2.45) is 11.8 Å². The Bertz CT molecular complexity index is 1790. The summed E-state index contributed by atoms with van der Waals surface area (Å²) in [7, 11) is 0. The molecule has 6 heterocycles. The van der Waals surface area contributed by atoms with Gasteiger partial charge in [-0.3, -0.25) is 0 Å². The van der Waals surface area contributed by atoms with E-state index in [1.807, 2.05) is 0 Å². The SMILES string of the molecule is CCCCCCOc1cc2c(cc1OCCCCCC)C1OC2C2Cc3c(ccc4c3CC3C5OC(c6cc(OCCCCCC)c(OCCCCCC)cc65)C3S4)SC12. The number of rotatable bonds is 24. The molecular formula is C52H70O6S2. The van der Waals surface area contributed by atoms with Crippen molar-refractivity contribution >= 4 is 23.5 Å². The monoisotopic (exact) mass is 854 g/mol. The first-order valence-corrected chi connectivity index (χ1v) is 26.0. The van der Waals surface area contributed by atoms with Gasteiger partial charge in [-0.05, 0) is 108 Å². The lowest BCUT2D eigenvalue weighted by Crippen LogP contribution is -2.33. The van der Waals surface area contributed by atoms with Crippen molar-refractivity contribution in [1.82, 2.24) is 0 Å². The quantitative estimate of drug-likeness (QED) is 0.0826. The van der Waals surface area contributed by atoms with Gasteiger partial charge in [-0.1, -0.05) is 105 Å². The van der Waals surface area contributed by atoms with Gasteiger partial charge in [0.1, 0.15) is 0 Å². The molecule has 8 atom stereocenters. The minimum atomic E-state index is 0.0905. The summed E-state index contributed by atoms with van der Waals surface area (Å²) in [4.78, 5) is 2.91. The highest BCUT2D eigenvalue weighted by Gasteiger charge is 2.57. The maximum absolute atomic E-state index is 6.97. The van der Waals surface area contributed by atoms with E-state index in [0.29, 0.717) is 22.3 Å². The zero-order valence-electron chi connectivity index (χ0n) is 36.9. The van der Waals surface area contributed by atoms with Crippen molar-refractivity contribution in [3.63, 3.8) is 0 Å². The Hall–Kier alpha value is -2.52. The van der Waals surface area contributed by atoms with Crippen molar-refractivity contribution in [1.29, 1.82) is 0 Å². The van der Waals surface area contributed by atoms with Crippen LogP contribution in [0.25, 0.3) is 0 Å². The summed E-state index contributed by atoms with van der Waals surface area (Å²) in [6, 6.07) is 14.0. The standard InChI is InChI=1S/C52H70O6S2/c1-5-9-13-17-23-53-41-29-35-37(31-43(41)55-25-19-15-11-7-3)49-51-39(47(35)57-49)27-33-34-28-40-48-36-30-42(54-24-18-14-10-6-2)44(56-26-20-16-12-8-4)32-38(36)50(58-48)52(40)60-46(34)22-21-45(33)59-51/h21-22,29-32,39-40,47-52H,5-20,23-28H2,1-4H3. The van der Waals surface area contributed by atoms with Crippen LogP contribution < -0.4 is 18.9 Å².